The summed E-state index contributed by atoms with van der Waals surface area (Å²) in [5, 5.41) is 6.66. The molecule has 8 heteroatoms. The van der Waals surface area contributed by atoms with Crippen LogP contribution in [0.15, 0.2) is 27.8 Å². The van der Waals surface area contributed by atoms with E-state index >= 15 is 0 Å². The van der Waals surface area contributed by atoms with Crippen LogP contribution in [0.25, 0.3) is 0 Å². The summed E-state index contributed by atoms with van der Waals surface area (Å²) in [5.74, 6) is -0.0256. The molecule has 1 saturated carbocycles. The molecule has 1 aliphatic rings. The van der Waals surface area contributed by atoms with Crippen LogP contribution < -0.4 is 16.4 Å². The maximum atomic E-state index is 12.0. The average Bonchev–Trinajstić information content (AvgIpc) is 3.24. The zero-order chi connectivity index (χ0) is 15.7. The van der Waals surface area contributed by atoms with Crippen molar-refractivity contribution in [2.45, 2.75) is 32.2 Å². The Bertz CT molecular complexity index is 835. The highest BCUT2D eigenvalue weighted by molar-refractivity contribution is 5.88. The predicted molar refractivity (Wildman–Crippen MR) is 78.7 cm³/mol. The second-order valence-corrected chi connectivity index (χ2v) is 5.31. The smallest absolute Gasteiger partial charge is 0.267 e. The maximum Gasteiger partial charge on any atom is 0.267 e. The first-order valence-electron chi connectivity index (χ1n) is 6.97. The van der Waals surface area contributed by atoms with E-state index in [1.54, 1.807) is 13.0 Å². The van der Waals surface area contributed by atoms with Gasteiger partial charge in [0.15, 0.2) is 0 Å². The van der Waals surface area contributed by atoms with Crippen molar-refractivity contribution in [2.24, 2.45) is 0 Å². The van der Waals surface area contributed by atoms with E-state index in [-0.39, 0.29) is 23.6 Å². The van der Waals surface area contributed by atoms with E-state index in [4.69, 9.17) is 0 Å². The van der Waals surface area contributed by atoms with Crippen LogP contribution in [0.5, 0.6) is 0 Å². The standard InChI is InChI=1S/C14H15N5O3/c1-8-6-11(20)16-14(15-8)17-12(21)7-19-13(22)5-4-10(18-19)9-2-3-9/h4-6,9H,2-3,7H2,1H3,(H2,15,16,17,20,21). The van der Waals surface area contributed by atoms with Crippen molar-refractivity contribution in [3.05, 3.63) is 50.3 Å². The second-order valence-electron chi connectivity index (χ2n) is 5.31. The van der Waals surface area contributed by atoms with Crippen LogP contribution in [0.1, 0.15) is 30.1 Å². The zero-order valence-electron chi connectivity index (χ0n) is 12.0. The highest BCUT2D eigenvalue weighted by Crippen LogP contribution is 2.38. The third kappa shape index (κ3) is 3.27. The van der Waals surface area contributed by atoms with Gasteiger partial charge in [0.05, 0.1) is 5.69 Å². The number of hydrogen-bond donors (Lipinski definition) is 2. The molecule has 1 aliphatic carbocycles. The highest BCUT2D eigenvalue weighted by Gasteiger charge is 2.25. The number of carbonyl (C=O) groups excluding carboxylic acids is 1. The van der Waals surface area contributed by atoms with E-state index in [0.29, 0.717) is 11.6 Å². The summed E-state index contributed by atoms with van der Waals surface area (Å²) in [7, 11) is 0. The van der Waals surface area contributed by atoms with E-state index in [2.05, 4.69) is 20.4 Å². The van der Waals surface area contributed by atoms with Gasteiger partial charge in [-0.1, -0.05) is 0 Å². The van der Waals surface area contributed by atoms with E-state index in [1.165, 1.54) is 12.1 Å². The Morgan fingerprint density at radius 2 is 2.18 bits per heavy atom. The quantitative estimate of drug-likeness (QED) is 0.835. The van der Waals surface area contributed by atoms with E-state index in [9.17, 15) is 14.4 Å². The third-order valence-corrected chi connectivity index (χ3v) is 3.30. The summed E-state index contributed by atoms with van der Waals surface area (Å²) in [6, 6.07) is 4.44. The molecule has 22 heavy (non-hydrogen) atoms. The van der Waals surface area contributed by atoms with Crippen LogP contribution in [0.4, 0.5) is 5.95 Å². The lowest BCUT2D eigenvalue weighted by Crippen LogP contribution is -2.30. The number of amides is 1. The molecule has 0 unspecified atom stereocenters. The lowest BCUT2D eigenvalue weighted by Gasteiger charge is -2.07. The Morgan fingerprint density at radius 3 is 2.86 bits per heavy atom. The molecular formula is C14H15N5O3. The maximum absolute atomic E-state index is 12.0. The molecule has 0 radical (unpaired) electrons. The molecular weight excluding hydrogens is 286 g/mol. The van der Waals surface area contributed by atoms with Crippen LogP contribution in [0.2, 0.25) is 0 Å². The number of rotatable bonds is 4. The summed E-state index contributed by atoms with van der Waals surface area (Å²) in [4.78, 5) is 41.5. The largest absolute Gasteiger partial charge is 0.294 e. The van der Waals surface area contributed by atoms with Crippen LogP contribution in [0, 0.1) is 6.92 Å². The number of H-pyrrole nitrogens is 1. The van der Waals surface area contributed by atoms with Crippen molar-refractivity contribution in [3.8, 4) is 0 Å². The van der Waals surface area contributed by atoms with Gasteiger partial charge in [0.1, 0.15) is 6.54 Å². The summed E-state index contributed by atoms with van der Waals surface area (Å²) in [6.45, 7) is 1.42. The molecule has 3 rings (SSSR count). The van der Waals surface area contributed by atoms with Gasteiger partial charge in [-0.3, -0.25) is 24.7 Å². The molecule has 1 fully saturated rings. The van der Waals surface area contributed by atoms with Gasteiger partial charge in [-0.15, -0.1) is 0 Å². The first-order chi connectivity index (χ1) is 10.5. The third-order valence-electron chi connectivity index (χ3n) is 3.30. The van der Waals surface area contributed by atoms with Gasteiger partial charge >= 0.3 is 0 Å². The minimum Gasteiger partial charge on any atom is -0.294 e. The van der Waals surface area contributed by atoms with Crippen LogP contribution in [-0.4, -0.2) is 25.7 Å². The van der Waals surface area contributed by atoms with Crippen LogP contribution in [0.3, 0.4) is 0 Å². The normalized spacial score (nSPS) is 13.9. The SMILES string of the molecule is Cc1cc(=O)[nH]c(NC(=O)Cn2nc(C3CC3)ccc2=O)n1. The summed E-state index contributed by atoms with van der Waals surface area (Å²) >= 11 is 0. The van der Waals surface area contributed by atoms with Crippen molar-refractivity contribution >= 4 is 11.9 Å². The minimum absolute atomic E-state index is 0.0568. The lowest BCUT2D eigenvalue weighted by molar-refractivity contribution is -0.117. The molecule has 0 bridgehead atoms. The molecule has 0 atom stereocenters. The monoisotopic (exact) mass is 301 g/mol. The molecule has 0 aliphatic heterocycles. The van der Waals surface area contributed by atoms with Crippen molar-refractivity contribution < 1.29 is 4.79 Å². The molecule has 2 aromatic heterocycles. The van der Waals surface area contributed by atoms with Gasteiger partial charge in [0.25, 0.3) is 11.1 Å². The van der Waals surface area contributed by atoms with Gasteiger partial charge in [-0.25, -0.2) is 9.67 Å². The number of carbonyl (C=O) groups is 1. The van der Waals surface area contributed by atoms with Gasteiger partial charge in [-0.2, -0.15) is 5.10 Å². The summed E-state index contributed by atoms with van der Waals surface area (Å²) in [5.41, 5.74) is 0.624. The second kappa shape index (κ2) is 5.55. The van der Waals surface area contributed by atoms with Crippen molar-refractivity contribution in [1.82, 2.24) is 19.7 Å². The Labute approximate surface area is 125 Å². The number of anilines is 1. The van der Waals surface area contributed by atoms with Crippen molar-refractivity contribution in [2.75, 3.05) is 5.32 Å². The van der Waals surface area contributed by atoms with Crippen molar-refractivity contribution in [1.29, 1.82) is 0 Å². The Balaban J connectivity index is 1.75. The number of hydrogen-bond acceptors (Lipinski definition) is 5. The molecule has 0 spiro atoms. The van der Waals surface area contributed by atoms with Gasteiger partial charge in [0.2, 0.25) is 11.9 Å². The summed E-state index contributed by atoms with van der Waals surface area (Å²) in [6.07, 6.45) is 2.12. The number of nitrogens with one attached hydrogen (secondary N) is 2. The fourth-order valence-electron chi connectivity index (χ4n) is 2.12. The first kappa shape index (κ1) is 14.2. The highest BCUT2D eigenvalue weighted by atomic mass is 16.2. The van der Waals surface area contributed by atoms with Gasteiger partial charge < -0.3 is 0 Å². The Hall–Kier alpha value is -2.77. The fourth-order valence-corrected chi connectivity index (χ4v) is 2.12. The fraction of sp³-hybridized carbons (Fsp3) is 0.357. The average molecular weight is 301 g/mol. The topological polar surface area (TPSA) is 110 Å². The molecule has 8 nitrogen and oxygen atoms in total. The molecule has 1 amide bonds. The van der Waals surface area contributed by atoms with E-state index in [0.717, 1.165) is 23.2 Å². The van der Waals surface area contributed by atoms with Crippen LogP contribution in [-0.2, 0) is 11.3 Å². The van der Waals surface area contributed by atoms with Gasteiger partial charge in [-0.05, 0) is 25.8 Å². The molecule has 2 aromatic rings. The lowest BCUT2D eigenvalue weighted by atomic mass is 10.3. The van der Waals surface area contributed by atoms with Crippen LogP contribution >= 0.6 is 0 Å². The Kier molecular flexibility index (Phi) is 3.58. The van der Waals surface area contributed by atoms with E-state index in [1.807, 2.05) is 0 Å². The summed E-state index contributed by atoms with van der Waals surface area (Å²) < 4.78 is 1.12. The zero-order valence-corrected chi connectivity index (χ0v) is 12.0. The number of nitrogens with zero attached hydrogens (tertiary/aromatic N) is 3. The molecule has 2 heterocycles. The van der Waals surface area contributed by atoms with E-state index < -0.39 is 5.91 Å². The molecule has 0 saturated heterocycles. The molecule has 114 valence electrons. The number of aryl methyl sites for hydroxylation is 1. The number of aromatic nitrogens is 4. The minimum atomic E-state index is -0.476. The first-order valence-corrected chi connectivity index (χ1v) is 6.97. The number of aromatic amines is 1. The molecule has 0 aromatic carbocycles. The molecule has 2 N–H and O–H groups in total. The van der Waals surface area contributed by atoms with Gasteiger partial charge in [0, 0.05) is 23.7 Å². The van der Waals surface area contributed by atoms with Crippen molar-refractivity contribution in [3.63, 3.8) is 0 Å². The predicted octanol–water partition coefficient (Wildman–Crippen LogP) is 0.151. The Morgan fingerprint density at radius 1 is 1.41 bits per heavy atom.